The summed E-state index contributed by atoms with van der Waals surface area (Å²) in [5.41, 5.74) is 2.75. The molecular weight excluding hydrogens is 284 g/mol. The molecule has 0 aliphatic rings. The van der Waals surface area contributed by atoms with Crippen LogP contribution in [0.5, 0.6) is 0 Å². The van der Waals surface area contributed by atoms with Crippen LogP contribution < -0.4 is 10.2 Å². The van der Waals surface area contributed by atoms with E-state index < -0.39 is 0 Å². The number of urea groups is 1. The Hall–Kier alpha value is -3.07. The van der Waals surface area contributed by atoms with E-state index in [-0.39, 0.29) is 6.03 Å². The van der Waals surface area contributed by atoms with Crippen LogP contribution in [0, 0.1) is 0 Å². The summed E-state index contributed by atoms with van der Waals surface area (Å²) < 4.78 is 0. The first-order chi connectivity index (χ1) is 11.3. The average Bonchev–Trinajstić information content (AvgIpc) is 2.63. The van der Waals surface area contributed by atoms with Crippen LogP contribution >= 0.6 is 0 Å². The molecule has 0 fully saturated rings. The largest absolute Gasteiger partial charge is 0.333 e. The first-order valence-corrected chi connectivity index (χ1v) is 7.56. The third kappa shape index (κ3) is 3.77. The van der Waals surface area contributed by atoms with Gasteiger partial charge in [0.1, 0.15) is 0 Å². The van der Waals surface area contributed by atoms with Crippen molar-refractivity contribution in [1.82, 2.24) is 5.32 Å². The van der Waals surface area contributed by atoms with Gasteiger partial charge in [-0.05, 0) is 29.8 Å². The second-order valence-electron chi connectivity index (χ2n) is 5.15. The van der Waals surface area contributed by atoms with Crippen molar-refractivity contribution in [1.29, 1.82) is 0 Å². The number of carbonyl (C=O) groups excluding carboxylic acids is 1. The number of benzene rings is 3. The van der Waals surface area contributed by atoms with Crippen molar-refractivity contribution >= 4 is 17.4 Å². The normalized spacial score (nSPS) is 10.1. The molecule has 23 heavy (non-hydrogen) atoms. The van der Waals surface area contributed by atoms with Crippen LogP contribution in [-0.4, -0.2) is 6.03 Å². The van der Waals surface area contributed by atoms with Gasteiger partial charge in [0.2, 0.25) is 0 Å². The van der Waals surface area contributed by atoms with Crippen molar-refractivity contribution in [2.75, 3.05) is 4.90 Å². The molecule has 3 aromatic carbocycles. The van der Waals surface area contributed by atoms with Crippen molar-refractivity contribution in [3.63, 3.8) is 0 Å². The zero-order valence-electron chi connectivity index (χ0n) is 12.7. The van der Waals surface area contributed by atoms with E-state index in [1.807, 2.05) is 91.0 Å². The molecule has 3 heteroatoms. The van der Waals surface area contributed by atoms with E-state index in [2.05, 4.69) is 5.32 Å². The quantitative estimate of drug-likeness (QED) is 0.742. The molecule has 3 aromatic rings. The highest BCUT2D eigenvalue weighted by Crippen LogP contribution is 2.24. The molecule has 3 nitrogen and oxygen atoms in total. The Morgan fingerprint density at radius 2 is 1.13 bits per heavy atom. The highest BCUT2D eigenvalue weighted by atomic mass is 16.2. The maximum atomic E-state index is 12.7. The van der Waals surface area contributed by atoms with Gasteiger partial charge in [-0.3, -0.25) is 4.90 Å². The number of carbonyl (C=O) groups is 1. The van der Waals surface area contributed by atoms with Gasteiger partial charge in [-0.2, -0.15) is 0 Å². The van der Waals surface area contributed by atoms with E-state index in [1.54, 1.807) is 4.90 Å². The van der Waals surface area contributed by atoms with Crippen LogP contribution in [0.15, 0.2) is 91.0 Å². The molecule has 3 rings (SSSR count). The second-order valence-corrected chi connectivity index (χ2v) is 5.15. The minimum absolute atomic E-state index is 0.147. The second kappa shape index (κ2) is 7.27. The minimum atomic E-state index is -0.147. The van der Waals surface area contributed by atoms with Gasteiger partial charge in [0.25, 0.3) is 0 Å². The zero-order valence-corrected chi connectivity index (χ0v) is 12.7. The maximum absolute atomic E-state index is 12.7. The molecule has 0 bridgehead atoms. The molecule has 0 unspecified atom stereocenters. The van der Waals surface area contributed by atoms with E-state index in [4.69, 9.17) is 0 Å². The molecule has 0 radical (unpaired) electrons. The Morgan fingerprint density at radius 3 is 1.61 bits per heavy atom. The standard InChI is InChI=1S/C20H18N2O/c23-20(21-16-17-10-4-1-5-11-17)22(18-12-6-2-7-13-18)19-14-8-3-9-15-19/h1-15H,16H2,(H,21,23). The van der Waals surface area contributed by atoms with E-state index in [0.29, 0.717) is 6.54 Å². The van der Waals surface area contributed by atoms with Crippen molar-refractivity contribution in [3.05, 3.63) is 96.6 Å². The molecule has 0 atom stereocenters. The summed E-state index contributed by atoms with van der Waals surface area (Å²) in [4.78, 5) is 14.4. The maximum Gasteiger partial charge on any atom is 0.326 e. The van der Waals surface area contributed by atoms with E-state index in [1.165, 1.54) is 0 Å². The fourth-order valence-corrected chi connectivity index (χ4v) is 2.39. The zero-order chi connectivity index (χ0) is 15.9. The SMILES string of the molecule is O=C(NCc1ccccc1)N(c1ccccc1)c1ccccc1. The van der Waals surface area contributed by atoms with Crippen molar-refractivity contribution in [2.24, 2.45) is 0 Å². The fourth-order valence-electron chi connectivity index (χ4n) is 2.39. The van der Waals surface area contributed by atoms with Gasteiger partial charge in [0.05, 0.1) is 11.4 Å². The predicted octanol–water partition coefficient (Wildman–Crippen LogP) is 4.73. The van der Waals surface area contributed by atoms with Gasteiger partial charge < -0.3 is 5.32 Å². The fraction of sp³-hybridized carbons (Fsp3) is 0.0500. The Bertz CT molecular complexity index is 703. The van der Waals surface area contributed by atoms with Gasteiger partial charge in [0, 0.05) is 6.54 Å². The molecule has 0 spiro atoms. The van der Waals surface area contributed by atoms with Gasteiger partial charge in [0.15, 0.2) is 0 Å². The Kier molecular flexibility index (Phi) is 4.69. The predicted molar refractivity (Wildman–Crippen MR) is 93.7 cm³/mol. The smallest absolute Gasteiger partial charge is 0.326 e. The summed E-state index contributed by atoms with van der Waals surface area (Å²) in [6, 6.07) is 29.0. The lowest BCUT2D eigenvalue weighted by molar-refractivity contribution is 0.248. The molecule has 1 N–H and O–H groups in total. The number of hydrogen-bond donors (Lipinski definition) is 1. The number of anilines is 2. The molecule has 0 saturated heterocycles. The summed E-state index contributed by atoms with van der Waals surface area (Å²) in [5.74, 6) is 0. The first-order valence-electron chi connectivity index (χ1n) is 7.56. The Labute approximate surface area is 136 Å². The molecular formula is C20H18N2O. The van der Waals surface area contributed by atoms with E-state index in [9.17, 15) is 4.79 Å². The lowest BCUT2D eigenvalue weighted by atomic mass is 10.2. The molecule has 0 aromatic heterocycles. The summed E-state index contributed by atoms with van der Waals surface area (Å²) >= 11 is 0. The lowest BCUT2D eigenvalue weighted by Crippen LogP contribution is -2.36. The summed E-state index contributed by atoms with van der Waals surface area (Å²) in [6.07, 6.45) is 0. The number of amides is 2. The van der Waals surface area contributed by atoms with Crippen molar-refractivity contribution < 1.29 is 4.79 Å². The van der Waals surface area contributed by atoms with Crippen LogP contribution in [0.25, 0.3) is 0 Å². The van der Waals surface area contributed by atoms with Crippen molar-refractivity contribution in [2.45, 2.75) is 6.54 Å². The number of nitrogens with zero attached hydrogens (tertiary/aromatic N) is 1. The van der Waals surface area contributed by atoms with Crippen LogP contribution in [0.2, 0.25) is 0 Å². The number of rotatable bonds is 4. The van der Waals surface area contributed by atoms with Crippen LogP contribution in [0.4, 0.5) is 16.2 Å². The highest BCUT2D eigenvalue weighted by molar-refractivity contribution is 5.99. The third-order valence-electron chi connectivity index (χ3n) is 3.52. The topological polar surface area (TPSA) is 32.3 Å². The number of nitrogens with one attached hydrogen (secondary N) is 1. The first kappa shape index (κ1) is 14.9. The Balaban J connectivity index is 1.82. The molecule has 114 valence electrons. The van der Waals surface area contributed by atoms with E-state index in [0.717, 1.165) is 16.9 Å². The summed E-state index contributed by atoms with van der Waals surface area (Å²) in [6.45, 7) is 0.496. The number of para-hydroxylation sites is 2. The molecule has 0 heterocycles. The number of hydrogen-bond acceptors (Lipinski definition) is 1. The van der Waals surface area contributed by atoms with Crippen LogP contribution in [-0.2, 0) is 6.54 Å². The summed E-state index contributed by atoms with van der Waals surface area (Å²) in [7, 11) is 0. The van der Waals surface area contributed by atoms with E-state index >= 15 is 0 Å². The minimum Gasteiger partial charge on any atom is -0.333 e. The summed E-state index contributed by atoms with van der Waals surface area (Å²) in [5, 5.41) is 2.98. The van der Waals surface area contributed by atoms with Gasteiger partial charge >= 0.3 is 6.03 Å². The van der Waals surface area contributed by atoms with Gasteiger partial charge in [-0.25, -0.2) is 4.79 Å². The molecule has 0 saturated carbocycles. The third-order valence-corrected chi connectivity index (χ3v) is 3.52. The van der Waals surface area contributed by atoms with Gasteiger partial charge in [-0.1, -0.05) is 66.7 Å². The molecule has 0 aliphatic carbocycles. The Morgan fingerprint density at radius 1 is 0.696 bits per heavy atom. The van der Waals surface area contributed by atoms with Gasteiger partial charge in [-0.15, -0.1) is 0 Å². The van der Waals surface area contributed by atoms with Crippen LogP contribution in [0.3, 0.4) is 0 Å². The average molecular weight is 302 g/mol. The highest BCUT2D eigenvalue weighted by Gasteiger charge is 2.17. The molecule has 0 aliphatic heterocycles. The monoisotopic (exact) mass is 302 g/mol. The lowest BCUT2D eigenvalue weighted by Gasteiger charge is -2.23. The van der Waals surface area contributed by atoms with Crippen LogP contribution in [0.1, 0.15) is 5.56 Å². The molecule has 2 amide bonds. The van der Waals surface area contributed by atoms with Crippen molar-refractivity contribution in [3.8, 4) is 0 Å².